The monoisotopic (exact) mass is 206 g/mol. The molecule has 0 fully saturated rings. The fraction of sp³-hybridized carbons (Fsp3) is 0.538. The molecule has 0 aromatic heterocycles. The molecule has 0 saturated heterocycles. The van der Waals surface area contributed by atoms with Crippen molar-refractivity contribution in [3.63, 3.8) is 0 Å². The van der Waals surface area contributed by atoms with Gasteiger partial charge in [-0.3, -0.25) is 4.90 Å². The molecule has 1 N–H and O–H groups in total. The van der Waals surface area contributed by atoms with Crippen LogP contribution in [-0.4, -0.2) is 32.1 Å². The zero-order valence-corrected chi connectivity index (χ0v) is 10.0. The van der Waals surface area contributed by atoms with Crippen LogP contribution in [0.25, 0.3) is 0 Å². The first-order chi connectivity index (χ1) is 7.25. The Morgan fingerprint density at radius 2 is 1.93 bits per heavy atom. The minimum Gasteiger partial charge on any atom is -0.320 e. The number of hydrogen-bond acceptors (Lipinski definition) is 2. The van der Waals surface area contributed by atoms with Crippen LogP contribution in [0.1, 0.15) is 24.9 Å². The van der Waals surface area contributed by atoms with Gasteiger partial charge in [0.05, 0.1) is 0 Å². The normalized spacial score (nSPS) is 13.1. The molecule has 1 rings (SSSR count). The second-order valence-electron chi connectivity index (χ2n) is 4.02. The smallest absolute Gasteiger partial charge is 0.0316 e. The lowest BCUT2D eigenvalue weighted by Gasteiger charge is -2.24. The van der Waals surface area contributed by atoms with E-state index in [1.807, 2.05) is 7.05 Å². The van der Waals surface area contributed by atoms with Gasteiger partial charge in [-0.2, -0.15) is 0 Å². The van der Waals surface area contributed by atoms with E-state index < -0.39 is 0 Å². The number of rotatable bonds is 6. The molecule has 1 unspecified atom stereocenters. The summed E-state index contributed by atoms with van der Waals surface area (Å²) in [4.78, 5) is 2.40. The second-order valence-corrected chi connectivity index (χ2v) is 4.02. The molecule has 0 radical (unpaired) electrons. The van der Waals surface area contributed by atoms with Gasteiger partial charge in [-0.05, 0) is 46.1 Å². The minimum absolute atomic E-state index is 0.503. The highest BCUT2D eigenvalue weighted by Crippen LogP contribution is 2.17. The third-order valence-corrected chi connectivity index (χ3v) is 2.88. The molecule has 15 heavy (non-hydrogen) atoms. The van der Waals surface area contributed by atoms with Crippen molar-refractivity contribution in [1.29, 1.82) is 0 Å². The van der Waals surface area contributed by atoms with Crippen LogP contribution in [0.3, 0.4) is 0 Å². The Hall–Kier alpha value is -0.860. The molecule has 0 heterocycles. The van der Waals surface area contributed by atoms with E-state index in [-0.39, 0.29) is 0 Å². The predicted octanol–water partition coefficient (Wildman–Crippen LogP) is 2.29. The lowest BCUT2D eigenvalue weighted by Crippen LogP contribution is -2.25. The van der Waals surface area contributed by atoms with Crippen LogP contribution in [0.4, 0.5) is 0 Å². The summed E-state index contributed by atoms with van der Waals surface area (Å²) in [5.74, 6) is 0. The average molecular weight is 206 g/mol. The van der Waals surface area contributed by atoms with Gasteiger partial charge < -0.3 is 5.32 Å². The molecular weight excluding hydrogens is 184 g/mol. The van der Waals surface area contributed by atoms with Crippen LogP contribution in [-0.2, 0) is 0 Å². The van der Waals surface area contributed by atoms with Gasteiger partial charge in [0.2, 0.25) is 0 Å². The van der Waals surface area contributed by atoms with Crippen molar-refractivity contribution in [3.05, 3.63) is 35.9 Å². The molecule has 2 heteroatoms. The molecule has 2 nitrogen and oxygen atoms in total. The summed E-state index contributed by atoms with van der Waals surface area (Å²) >= 11 is 0. The van der Waals surface area contributed by atoms with Crippen LogP contribution in [0.15, 0.2) is 30.3 Å². The maximum Gasteiger partial charge on any atom is 0.0316 e. The summed E-state index contributed by atoms with van der Waals surface area (Å²) in [5, 5.41) is 3.18. The summed E-state index contributed by atoms with van der Waals surface area (Å²) in [5.41, 5.74) is 1.39. The summed E-state index contributed by atoms with van der Waals surface area (Å²) in [7, 11) is 4.19. The Morgan fingerprint density at radius 3 is 2.53 bits per heavy atom. The van der Waals surface area contributed by atoms with Crippen molar-refractivity contribution in [1.82, 2.24) is 10.2 Å². The van der Waals surface area contributed by atoms with Crippen molar-refractivity contribution in [2.24, 2.45) is 0 Å². The van der Waals surface area contributed by atoms with Gasteiger partial charge in [0.1, 0.15) is 0 Å². The first-order valence-electron chi connectivity index (χ1n) is 5.65. The predicted molar refractivity (Wildman–Crippen MR) is 66.0 cm³/mol. The SMILES string of the molecule is CNCCCN(C)C(C)c1ccccc1. The standard InChI is InChI=1S/C13H22N2/c1-12(13-8-5-4-6-9-13)15(3)11-7-10-14-2/h4-6,8-9,12,14H,7,10-11H2,1-3H3. The Morgan fingerprint density at radius 1 is 1.27 bits per heavy atom. The Labute approximate surface area is 93.3 Å². The quantitative estimate of drug-likeness (QED) is 0.718. The largest absolute Gasteiger partial charge is 0.320 e. The number of nitrogens with zero attached hydrogens (tertiary/aromatic N) is 1. The molecule has 0 spiro atoms. The number of nitrogens with one attached hydrogen (secondary N) is 1. The first-order valence-corrected chi connectivity index (χ1v) is 5.65. The number of benzene rings is 1. The van der Waals surface area contributed by atoms with Crippen LogP contribution in [0, 0.1) is 0 Å². The van der Waals surface area contributed by atoms with Crippen LogP contribution in [0.5, 0.6) is 0 Å². The van der Waals surface area contributed by atoms with E-state index >= 15 is 0 Å². The van der Waals surface area contributed by atoms with Gasteiger partial charge >= 0.3 is 0 Å². The molecular formula is C13H22N2. The third kappa shape index (κ3) is 4.02. The Kier molecular flexibility index (Phi) is 5.37. The van der Waals surface area contributed by atoms with Gasteiger partial charge in [-0.15, -0.1) is 0 Å². The summed E-state index contributed by atoms with van der Waals surface area (Å²) < 4.78 is 0. The molecule has 1 atom stereocenters. The molecule has 1 aromatic rings. The fourth-order valence-corrected chi connectivity index (χ4v) is 1.68. The van der Waals surface area contributed by atoms with Gasteiger partial charge in [-0.25, -0.2) is 0 Å². The van der Waals surface area contributed by atoms with E-state index in [2.05, 4.69) is 54.5 Å². The lowest BCUT2D eigenvalue weighted by molar-refractivity contribution is 0.258. The maximum absolute atomic E-state index is 3.18. The second kappa shape index (κ2) is 6.59. The Balaban J connectivity index is 2.42. The maximum atomic E-state index is 3.18. The van der Waals surface area contributed by atoms with E-state index in [1.165, 1.54) is 12.0 Å². The van der Waals surface area contributed by atoms with E-state index in [0.29, 0.717) is 6.04 Å². The van der Waals surface area contributed by atoms with Gasteiger partial charge in [-0.1, -0.05) is 30.3 Å². The highest BCUT2D eigenvalue weighted by Gasteiger charge is 2.09. The highest BCUT2D eigenvalue weighted by molar-refractivity contribution is 5.18. The van der Waals surface area contributed by atoms with Crippen molar-refractivity contribution >= 4 is 0 Å². The molecule has 84 valence electrons. The molecule has 0 aliphatic heterocycles. The summed E-state index contributed by atoms with van der Waals surface area (Å²) in [6.07, 6.45) is 1.20. The summed E-state index contributed by atoms with van der Waals surface area (Å²) in [6, 6.07) is 11.2. The van der Waals surface area contributed by atoms with Crippen LogP contribution in [0.2, 0.25) is 0 Å². The summed E-state index contributed by atoms with van der Waals surface area (Å²) in [6.45, 7) is 4.48. The van der Waals surface area contributed by atoms with Crippen LogP contribution >= 0.6 is 0 Å². The lowest BCUT2D eigenvalue weighted by atomic mass is 10.1. The molecule has 0 amide bonds. The minimum atomic E-state index is 0.503. The topological polar surface area (TPSA) is 15.3 Å². The average Bonchev–Trinajstić information content (AvgIpc) is 2.29. The van der Waals surface area contributed by atoms with E-state index in [4.69, 9.17) is 0 Å². The van der Waals surface area contributed by atoms with E-state index in [9.17, 15) is 0 Å². The fourth-order valence-electron chi connectivity index (χ4n) is 1.68. The van der Waals surface area contributed by atoms with Gasteiger partial charge in [0.25, 0.3) is 0 Å². The highest BCUT2D eigenvalue weighted by atomic mass is 15.1. The van der Waals surface area contributed by atoms with Crippen molar-refractivity contribution in [3.8, 4) is 0 Å². The van der Waals surface area contributed by atoms with E-state index in [1.54, 1.807) is 0 Å². The number of hydrogen-bond donors (Lipinski definition) is 1. The van der Waals surface area contributed by atoms with Crippen molar-refractivity contribution < 1.29 is 0 Å². The molecule has 0 aliphatic carbocycles. The zero-order chi connectivity index (χ0) is 11.1. The third-order valence-electron chi connectivity index (χ3n) is 2.88. The van der Waals surface area contributed by atoms with Crippen LogP contribution < -0.4 is 5.32 Å². The molecule has 0 bridgehead atoms. The molecule has 1 aromatic carbocycles. The first kappa shape index (κ1) is 12.2. The molecule has 0 aliphatic rings. The van der Waals surface area contributed by atoms with Gasteiger partial charge in [0, 0.05) is 6.04 Å². The van der Waals surface area contributed by atoms with Gasteiger partial charge in [0.15, 0.2) is 0 Å². The zero-order valence-electron chi connectivity index (χ0n) is 10.0. The molecule has 0 saturated carbocycles. The van der Waals surface area contributed by atoms with Crippen molar-refractivity contribution in [2.45, 2.75) is 19.4 Å². The van der Waals surface area contributed by atoms with E-state index in [0.717, 1.165) is 13.1 Å². The van der Waals surface area contributed by atoms with Crippen molar-refractivity contribution in [2.75, 3.05) is 27.2 Å². The Bertz CT molecular complexity index is 258.